The van der Waals surface area contributed by atoms with Crippen LogP contribution in [0.2, 0.25) is 5.02 Å². The van der Waals surface area contributed by atoms with E-state index in [2.05, 4.69) is 15.8 Å². The molecule has 0 fully saturated rings. The number of carbonyl (C=O) groups is 2. The number of amides is 2. The van der Waals surface area contributed by atoms with Crippen LogP contribution in [-0.2, 0) is 14.9 Å². The number of methoxy groups -OCH3 is 1. The maximum absolute atomic E-state index is 12.8. The summed E-state index contributed by atoms with van der Waals surface area (Å²) in [6.07, 6.45) is 1.34. The molecule has 0 radical (unpaired) electrons. The first-order valence-electron chi connectivity index (χ1n) is 11.2. The predicted molar refractivity (Wildman–Crippen MR) is 146 cm³/mol. The first-order valence-corrected chi connectivity index (χ1v) is 13.0. The Morgan fingerprint density at radius 3 is 2.39 bits per heavy atom. The summed E-state index contributed by atoms with van der Waals surface area (Å²) in [5.74, 6) is -0.855. The van der Waals surface area contributed by atoms with E-state index < -0.39 is 16.0 Å². The number of hydrogen-bond donors (Lipinski definition) is 2. The summed E-state index contributed by atoms with van der Waals surface area (Å²) in [7, 11) is -2.94. The third-order valence-electron chi connectivity index (χ3n) is 5.32. The van der Waals surface area contributed by atoms with Crippen LogP contribution in [0.25, 0.3) is 10.8 Å². The summed E-state index contributed by atoms with van der Waals surface area (Å²) in [4.78, 5) is 23.7. The molecule has 0 spiro atoms. The first-order chi connectivity index (χ1) is 18.2. The van der Waals surface area contributed by atoms with Crippen LogP contribution in [0.1, 0.15) is 22.8 Å². The number of benzene rings is 4. The Balaban J connectivity index is 1.51. The molecule has 0 unspecified atom stereocenters. The zero-order chi connectivity index (χ0) is 27.3. The molecule has 0 saturated heterocycles. The van der Waals surface area contributed by atoms with Crippen molar-refractivity contribution in [1.29, 1.82) is 0 Å². The Bertz CT molecular complexity index is 1650. The summed E-state index contributed by atoms with van der Waals surface area (Å²) in [5, 5.41) is 8.21. The number of ether oxygens (including phenoxy) is 1. The van der Waals surface area contributed by atoms with Gasteiger partial charge < -0.3 is 14.2 Å². The van der Waals surface area contributed by atoms with Gasteiger partial charge in [-0.05, 0) is 58.8 Å². The van der Waals surface area contributed by atoms with Crippen LogP contribution in [0, 0.1) is 0 Å². The van der Waals surface area contributed by atoms with Crippen molar-refractivity contribution in [1.82, 2.24) is 5.43 Å². The van der Waals surface area contributed by atoms with Crippen molar-refractivity contribution in [3.63, 3.8) is 0 Å². The number of nitrogens with one attached hydrogen (secondary N) is 2. The minimum atomic E-state index is -4.27. The Kier molecular flexibility index (Phi) is 7.94. The standard InChI is InChI=1S/C27H22ClN3O6S/c1-17(32)30-20-10-12-21(13-11-20)38(34,35)37-26-24(28)14-18(15-25(26)36-2)16-29-31-27(33)23-9-5-7-19-6-3-4-8-22(19)23/h3-16H,1-2H3,(H,30,32)(H,31,33)/b29-16-. The first kappa shape index (κ1) is 26.6. The molecule has 0 aromatic heterocycles. The van der Waals surface area contributed by atoms with Gasteiger partial charge in [0.05, 0.1) is 18.3 Å². The highest BCUT2D eigenvalue weighted by atomic mass is 35.5. The van der Waals surface area contributed by atoms with Gasteiger partial charge in [-0.3, -0.25) is 9.59 Å². The van der Waals surface area contributed by atoms with Gasteiger partial charge in [-0.1, -0.05) is 48.0 Å². The van der Waals surface area contributed by atoms with Crippen LogP contribution in [0.3, 0.4) is 0 Å². The molecule has 0 aliphatic rings. The van der Waals surface area contributed by atoms with E-state index in [1.807, 2.05) is 30.3 Å². The second kappa shape index (κ2) is 11.3. The highest BCUT2D eigenvalue weighted by Crippen LogP contribution is 2.38. The molecule has 9 nitrogen and oxygen atoms in total. The SMILES string of the molecule is COc1cc(/C=N\NC(=O)c2cccc3ccccc23)cc(Cl)c1OS(=O)(=O)c1ccc(NC(C)=O)cc1. The van der Waals surface area contributed by atoms with Gasteiger partial charge in [0.1, 0.15) is 4.90 Å². The Morgan fingerprint density at radius 1 is 0.974 bits per heavy atom. The zero-order valence-corrected chi connectivity index (χ0v) is 21.8. The van der Waals surface area contributed by atoms with Gasteiger partial charge in [-0.25, -0.2) is 5.43 Å². The van der Waals surface area contributed by atoms with Crippen molar-refractivity contribution in [2.45, 2.75) is 11.8 Å². The molecule has 194 valence electrons. The average molecular weight is 552 g/mol. The predicted octanol–water partition coefficient (Wildman–Crippen LogP) is 4.99. The monoisotopic (exact) mass is 551 g/mol. The van der Waals surface area contributed by atoms with Crippen molar-refractivity contribution < 1.29 is 26.9 Å². The Labute approximate surface area is 224 Å². The summed E-state index contributed by atoms with van der Waals surface area (Å²) >= 11 is 6.33. The highest BCUT2D eigenvalue weighted by Gasteiger charge is 2.22. The number of anilines is 1. The number of hydrazone groups is 1. The number of rotatable bonds is 8. The quantitative estimate of drug-likeness (QED) is 0.181. The molecule has 4 rings (SSSR count). The van der Waals surface area contributed by atoms with Crippen molar-refractivity contribution in [2.75, 3.05) is 12.4 Å². The molecule has 0 atom stereocenters. The van der Waals surface area contributed by atoms with Crippen molar-refractivity contribution in [3.05, 3.63) is 95.0 Å². The molecule has 0 saturated carbocycles. The van der Waals surface area contributed by atoms with Gasteiger partial charge >= 0.3 is 10.1 Å². The van der Waals surface area contributed by atoms with E-state index in [0.29, 0.717) is 16.8 Å². The van der Waals surface area contributed by atoms with Crippen LogP contribution >= 0.6 is 11.6 Å². The molecular formula is C27H22ClN3O6S. The summed E-state index contributed by atoms with van der Waals surface area (Å²) in [6.45, 7) is 1.34. The lowest BCUT2D eigenvalue weighted by Gasteiger charge is -2.13. The number of carbonyl (C=O) groups excluding carboxylic acids is 2. The average Bonchev–Trinajstić information content (AvgIpc) is 2.89. The fourth-order valence-electron chi connectivity index (χ4n) is 3.61. The topological polar surface area (TPSA) is 123 Å². The maximum atomic E-state index is 12.8. The third kappa shape index (κ3) is 6.10. The molecule has 2 N–H and O–H groups in total. The Hall–Kier alpha value is -4.41. The third-order valence-corrected chi connectivity index (χ3v) is 6.84. The molecule has 0 bridgehead atoms. The summed E-state index contributed by atoms with van der Waals surface area (Å²) < 4.78 is 36.2. The number of hydrogen-bond acceptors (Lipinski definition) is 7. The van der Waals surface area contributed by atoms with E-state index in [-0.39, 0.29) is 27.3 Å². The molecule has 0 aliphatic carbocycles. The van der Waals surface area contributed by atoms with Gasteiger partial charge in [0.2, 0.25) is 11.7 Å². The second-order valence-electron chi connectivity index (χ2n) is 8.00. The van der Waals surface area contributed by atoms with Gasteiger partial charge in [0.25, 0.3) is 5.91 Å². The van der Waals surface area contributed by atoms with Gasteiger partial charge in [-0.2, -0.15) is 13.5 Å². The van der Waals surface area contributed by atoms with Crippen LogP contribution in [0.15, 0.2) is 88.9 Å². The fourth-order valence-corrected chi connectivity index (χ4v) is 4.87. The minimum absolute atomic E-state index is 0.0396. The molecule has 11 heteroatoms. The molecule has 0 heterocycles. The molecule has 4 aromatic rings. The second-order valence-corrected chi connectivity index (χ2v) is 9.96. The van der Waals surface area contributed by atoms with Crippen molar-refractivity contribution in [3.8, 4) is 11.5 Å². The van der Waals surface area contributed by atoms with E-state index in [1.165, 1.54) is 56.6 Å². The molecular weight excluding hydrogens is 530 g/mol. The lowest BCUT2D eigenvalue weighted by molar-refractivity contribution is -0.114. The van der Waals surface area contributed by atoms with Gasteiger partial charge in [0, 0.05) is 18.2 Å². The van der Waals surface area contributed by atoms with E-state index in [0.717, 1.165) is 10.8 Å². The van der Waals surface area contributed by atoms with E-state index >= 15 is 0 Å². The maximum Gasteiger partial charge on any atom is 0.339 e. The largest absolute Gasteiger partial charge is 0.493 e. The fraction of sp³-hybridized carbons (Fsp3) is 0.0741. The smallest absolute Gasteiger partial charge is 0.339 e. The van der Waals surface area contributed by atoms with Crippen LogP contribution in [0.4, 0.5) is 5.69 Å². The minimum Gasteiger partial charge on any atom is -0.493 e. The van der Waals surface area contributed by atoms with Crippen molar-refractivity contribution in [2.24, 2.45) is 5.10 Å². The van der Waals surface area contributed by atoms with Gasteiger partial charge in [-0.15, -0.1) is 0 Å². The summed E-state index contributed by atoms with van der Waals surface area (Å²) in [6, 6.07) is 21.2. The number of nitrogens with zero attached hydrogens (tertiary/aromatic N) is 1. The van der Waals surface area contributed by atoms with E-state index in [4.69, 9.17) is 20.5 Å². The summed E-state index contributed by atoms with van der Waals surface area (Å²) in [5.41, 5.74) is 3.81. The van der Waals surface area contributed by atoms with Crippen molar-refractivity contribution >= 4 is 56.2 Å². The van der Waals surface area contributed by atoms with Crippen LogP contribution in [-0.4, -0.2) is 33.6 Å². The van der Waals surface area contributed by atoms with Crippen LogP contribution < -0.4 is 19.7 Å². The van der Waals surface area contributed by atoms with E-state index in [1.54, 1.807) is 12.1 Å². The molecule has 4 aromatic carbocycles. The van der Waals surface area contributed by atoms with Gasteiger partial charge in [0.15, 0.2) is 5.75 Å². The van der Waals surface area contributed by atoms with E-state index in [9.17, 15) is 18.0 Å². The lowest BCUT2D eigenvalue weighted by atomic mass is 10.0. The lowest BCUT2D eigenvalue weighted by Crippen LogP contribution is -2.18. The number of halogens is 1. The number of fused-ring (bicyclic) bond motifs is 1. The Morgan fingerprint density at radius 2 is 1.68 bits per heavy atom. The molecule has 0 aliphatic heterocycles. The highest BCUT2D eigenvalue weighted by molar-refractivity contribution is 7.87. The normalized spacial score (nSPS) is 11.3. The zero-order valence-electron chi connectivity index (χ0n) is 20.3. The van der Waals surface area contributed by atoms with Crippen LogP contribution in [0.5, 0.6) is 11.5 Å². The molecule has 38 heavy (non-hydrogen) atoms. The molecule has 2 amide bonds.